The Morgan fingerprint density at radius 3 is 2.70 bits per heavy atom. The molecule has 3 N–H and O–H groups in total. The van der Waals surface area contributed by atoms with E-state index in [1.165, 1.54) is 12.8 Å². The molecule has 1 fully saturated rings. The summed E-state index contributed by atoms with van der Waals surface area (Å²) in [5.74, 6) is 2.29. The van der Waals surface area contributed by atoms with E-state index < -0.39 is 0 Å². The van der Waals surface area contributed by atoms with Gasteiger partial charge in [0.25, 0.3) is 0 Å². The standard InChI is InChI=1S/C15H16BrN3O/c16-11-5-13-14(19-15(20)18-13)6-12(11)17-7-10-4-8-1-2-9(10)3-8/h1-2,5-6,8-10,17H,3-4,7H2,(H2,18,19,20). The summed E-state index contributed by atoms with van der Waals surface area (Å²) in [5.41, 5.74) is 2.55. The maximum atomic E-state index is 11.3. The van der Waals surface area contributed by atoms with Crippen LogP contribution in [-0.2, 0) is 0 Å². The summed E-state index contributed by atoms with van der Waals surface area (Å²) in [5, 5.41) is 3.52. The molecule has 2 aliphatic carbocycles. The SMILES string of the molecule is O=c1[nH]c2cc(Br)c(NCC3CC4C=CC3C4)cc2[nH]1. The van der Waals surface area contributed by atoms with Crippen molar-refractivity contribution in [3.63, 3.8) is 0 Å². The third-order valence-corrected chi connectivity index (χ3v) is 5.23. The smallest absolute Gasteiger partial charge is 0.323 e. The molecule has 2 aromatic rings. The first-order valence-corrected chi connectivity index (χ1v) is 7.82. The molecular formula is C15H16BrN3O. The van der Waals surface area contributed by atoms with E-state index in [-0.39, 0.29) is 5.69 Å². The van der Waals surface area contributed by atoms with Crippen molar-refractivity contribution in [1.29, 1.82) is 0 Å². The molecule has 4 rings (SSSR count). The third-order valence-electron chi connectivity index (χ3n) is 4.57. The van der Waals surface area contributed by atoms with Crippen molar-refractivity contribution in [3.8, 4) is 0 Å². The summed E-state index contributed by atoms with van der Waals surface area (Å²) >= 11 is 3.56. The van der Waals surface area contributed by atoms with Crippen LogP contribution in [-0.4, -0.2) is 16.5 Å². The van der Waals surface area contributed by atoms with Gasteiger partial charge in [0, 0.05) is 11.0 Å². The van der Waals surface area contributed by atoms with Gasteiger partial charge in [-0.3, -0.25) is 0 Å². The van der Waals surface area contributed by atoms with Gasteiger partial charge in [0.05, 0.1) is 16.7 Å². The number of benzene rings is 1. The van der Waals surface area contributed by atoms with Crippen LogP contribution in [0.3, 0.4) is 0 Å². The summed E-state index contributed by atoms with van der Waals surface area (Å²) in [6.45, 7) is 0.990. The highest BCUT2D eigenvalue weighted by atomic mass is 79.9. The van der Waals surface area contributed by atoms with Crippen LogP contribution >= 0.6 is 15.9 Å². The molecule has 3 atom stereocenters. The van der Waals surface area contributed by atoms with Gasteiger partial charge in [0.1, 0.15) is 0 Å². The predicted octanol–water partition coefficient (Wildman–Crippen LogP) is 3.24. The van der Waals surface area contributed by atoms with Gasteiger partial charge in [-0.2, -0.15) is 0 Å². The Balaban J connectivity index is 1.54. The Labute approximate surface area is 124 Å². The number of hydrogen-bond acceptors (Lipinski definition) is 2. The van der Waals surface area contributed by atoms with Crippen LogP contribution < -0.4 is 11.0 Å². The van der Waals surface area contributed by atoms with Crippen molar-refractivity contribution in [2.75, 3.05) is 11.9 Å². The highest BCUT2D eigenvalue weighted by Crippen LogP contribution is 2.43. The van der Waals surface area contributed by atoms with Gasteiger partial charge in [-0.05, 0) is 58.7 Å². The van der Waals surface area contributed by atoms with Crippen LogP contribution in [0.4, 0.5) is 5.69 Å². The zero-order chi connectivity index (χ0) is 13.7. The molecule has 0 spiro atoms. The van der Waals surface area contributed by atoms with E-state index in [9.17, 15) is 4.79 Å². The molecule has 1 aromatic heterocycles. The molecule has 20 heavy (non-hydrogen) atoms. The Kier molecular flexibility index (Phi) is 2.77. The largest absolute Gasteiger partial charge is 0.384 e. The number of halogens is 1. The van der Waals surface area contributed by atoms with E-state index in [0.29, 0.717) is 0 Å². The summed E-state index contributed by atoms with van der Waals surface area (Å²) in [6, 6.07) is 3.93. The van der Waals surface area contributed by atoms with E-state index in [1.54, 1.807) is 0 Å². The number of aromatic nitrogens is 2. The van der Waals surface area contributed by atoms with Gasteiger partial charge >= 0.3 is 5.69 Å². The molecule has 1 saturated carbocycles. The molecule has 2 aliphatic rings. The zero-order valence-corrected chi connectivity index (χ0v) is 12.5. The maximum absolute atomic E-state index is 11.3. The average Bonchev–Trinajstić information content (AvgIpc) is 3.09. The van der Waals surface area contributed by atoms with Crippen LogP contribution in [0, 0.1) is 17.8 Å². The minimum atomic E-state index is -0.165. The van der Waals surface area contributed by atoms with E-state index >= 15 is 0 Å². The number of anilines is 1. The number of allylic oxidation sites excluding steroid dienone is 2. The highest BCUT2D eigenvalue weighted by Gasteiger charge is 2.35. The van der Waals surface area contributed by atoms with Crippen molar-refractivity contribution < 1.29 is 0 Å². The third kappa shape index (κ3) is 2.00. The van der Waals surface area contributed by atoms with Crippen LogP contribution in [0.1, 0.15) is 12.8 Å². The quantitative estimate of drug-likeness (QED) is 0.755. The van der Waals surface area contributed by atoms with Crippen molar-refractivity contribution in [2.45, 2.75) is 12.8 Å². The second-order valence-corrected chi connectivity index (χ2v) is 6.73. The number of fused-ring (bicyclic) bond motifs is 3. The number of aromatic amines is 2. The average molecular weight is 334 g/mol. The molecule has 1 aromatic carbocycles. The molecule has 1 heterocycles. The Morgan fingerprint density at radius 1 is 1.20 bits per heavy atom. The molecule has 0 saturated heterocycles. The predicted molar refractivity (Wildman–Crippen MR) is 84.0 cm³/mol. The highest BCUT2D eigenvalue weighted by molar-refractivity contribution is 9.10. The van der Waals surface area contributed by atoms with E-state index in [1.807, 2.05) is 12.1 Å². The molecule has 2 bridgehead atoms. The van der Waals surface area contributed by atoms with Gasteiger partial charge in [-0.1, -0.05) is 12.2 Å². The van der Waals surface area contributed by atoms with Gasteiger partial charge in [0.15, 0.2) is 0 Å². The first-order valence-electron chi connectivity index (χ1n) is 7.03. The van der Waals surface area contributed by atoms with Crippen molar-refractivity contribution >= 4 is 32.7 Å². The lowest BCUT2D eigenvalue weighted by molar-refractivity contribution is 0.472. The van der Waals surface area contributed by atoms with Gasteiger partial charge in [-0.15, -0.1) is 0 Å². The van der Waals surface area contributed by atoms with Crippen molar-refractivity contribution in [2.24, 2.45) is 17.8 Å². The molecule has 3 unspecified atom stereocenters. The van der Waals surface area contributed by atoms with Gasteiger partial charge < -0.3 is 15.3 Å². The fourth-order valence-electron chi connectivity index (χ4n) is 3.56. The minimum absolute atomic E-state index is 0.165. The first kappa shape index (κ1) is 12.3. The normalized spacial score (nSPS) is 27.6. The summed E-state index contributed by atoms with van der Waals surface area (Å²) in [7, 11) is 0. The summed E-state index contributed by atoms with van der Waals surface area (Å²) in [4.78, 5) is 16.9. The lowest BCUT2D eigenvalue weighted by Gasteiger charge is -2.19. The monoisotopic (exact) mass is 333 g/mol. The number of rotatable bonds is 3. The zero-order valence-electron chi connectivity index (χ0n) is 10.9. The van der Waals surface area contributed by atoms with Crippen LogP contribution in [0.25, 0.3) is 11.0 Å². The topological polar surface area (TPSA) is 60.7 Å². The fraction of sp³-hybridized carbons (Fsp3) is 0.400. The van der Waals surface area contributed by atoms with E-state index in [0.717, 1.165) is 45.5 Å². The maximum Gasteiger partial charge on any atom is 0.323 e. The fourth-order valence-corrected chi connectivity index (χ4v) is 4.05. The number of H-pyrrole nitrogens is 2. The lowest BCUT2D eigenvalue weighted by atomic mass is 9.93. The molecule has 0 aliphatic heterocycles. The molecule has 0 amide bonds. The van der Waals surface area contributed by atoms with E-state index in [2.05, 4.69) is 43.4 Å². The number of imidazole rings is 1. The summed E-state index contributed by atoms with van der Waals surface area (Å²) in [6.07, 6.45) is 7.38. The molecule has 0 radical (unpaired) electrons. The van der Waals surface area contributed by atoms with Crippen LogP contribution in [0.2, 0.25) is 0 Å². The second-order valence-electron chi connectivity index (χ2n) is 5.88. The molecular weight excluding hydrogens is 318 g/mol. The lowest BCUT2D eigenvalue weighted by Crippen LogP contribution is -2.18. The van der Waals surface area contributed by atoms with Crippen LogP contribution in [0.5, 0.6) is 0 Å². The number of hydrogen-bond donors (Lipinski definition) is 3. The van der Waals surface area contributed by atoms with E-state index in [4.69, 9.17) is 0 Å². The van der Waals surface area contributed by atoms with Crippen LogP contribution in [0.15, 0.2) is 33.6 Å². The molecule has 104 valence electrons. The minimum Gasteiger partial charge on any atom is -0.384 e. The Hall–Kier alpha value is -1.49. The van der Waals surface area contributed by atoms with Crippen molar-refractivity contribution in [3.05, 3.63) is 39.2 Å². The molecule has 5 heteroatoms. The Bertz CT molecular complexity index is 745. The van der Waals surface area contributed by atoms with Gasteiger partial charge in [-0.25, -0.2) is 4.79 Å². The summed E-state index contributed by atoms with van der Waals surface area (Å²) < 4.78 is 0.985. The Morgan fingerprint density at radius 2 is 2.00 bits per heavy atom. The molecule has 4 nitrogen and oxygen atoms in total. The van der Waals surface area contributed by atoms with Crippen molar-refractivity contribution in [1.82, 2.24) is 9.97 Å². The van der Waals surface area contributed by atoms with Gasteiger partial charge in [0.2, 0.25) is 0 Å². The second kappa shape index (κ2) is 4.52. The number of nitrogens with one attached hydrogen (secondary N) is 3. The first-order chi connectivity index (χ1) is 9.69.